The zero-order valence-corrected chi connectivity index (χ0v) is 16.8. The second kappa shape index (κ2) is 9.06. The molecule has 0 fully saturated rings. The second-order valence-corrected chi connectivity index (χ2v) is 7.63. The summed E-state index contributed by atoms with van der Waals surface area (Å²) in [6, 6.07) is 17.5. The molecule has 1 aromatic heterocycles. The summed E-state index contributed by atoms with van der Waals surface area (Å²) in [5.74, 6) is 1.10. The van der Waals surface area contributed by atoms with Gasteiger partial charge in [-0.2, -0.15) is 0 Å². The largest absolute Gasteiger partial charge is 0.349 e. The van der Waals surface area contributed by atoms with Crippen LogP contribution < -0.4 is 5.32 Å². The first-order chi connectivity index (χ1) is 13.0. The van der Waals surface area contributed by atoms with Crippen molar-refractivity contribution in [2.45, 2.75) is 24.5 Å². The summed E-state index contributed by atoms with van der Waals surface area (Å²) in [4.78, 5) is 12.3. The molecule has 140 valence electrons. The molecule has 0 unspecified atom stereocenters. The van der Waals surface area contributed by atoms with Gasteiger partial charge in [-0.15, -0.1) is 10.2 Å². The van der Waals surface area contributed by atoms with Gasteiger partial charge in [-0.1, -0.05) is 65.8 Å². The highest BCUT2D eigenvalue weighted by molar-refractivity contribution is 7.99. The maximum Gasteiger partial charge on any atom is 0.230 e. The standard InChI is InChI=1S/C20H21ClN4OS/c1-14(16-9-6-10-17(21)12-16)22-19(26)13-27-20-24-23-18(25(20)2)11-15-7-4-3-5-8-15/h3-10,12,14H,11,13H2,1-2H3,(H,22,26)/t14-/m1/s1. The minimum atomic E-state index is -0.107. The number of nitrogens with zero attached hydrogens (tertiary/aromatic N) is 3. The molecule has 0 bridgehead atoms. The van der Waals surface area contributed by atoms with Gasteiger partial charge in [0.05, 0.1) is 11.8 Å². The molecular formula is C20H21ClN4OS. The van der Waals surface area contributed by atoms with Crippen LogP contribution in [0.15, 0.2) is 59.8 Å². The van der Waals surface area contributed by atoms with Crippen LogP contribution in [-0.2, 0) is 18.3 Å². The summed E-state index contributed by atoms with van der Waals surface area (Å²) in [7, 11) is 1.92. The van der Waals surface area contributed by atoms with Gasteiger partial charge in [0.25, 0.3) is 0 Å². The highest BCUT2D eigenvalue weighted by Crippen LogP contribution is 2.19. The third-order valence-electron chi connectivity index (χ3n) is 4.19. The number of aromatic nitrogens is 3. The van der Waals surface area contributed by atoms with Crippen molar-refractivity contribution in [2.75, 3.05) is 5.75 Å². The number of nitrogens with one attached hydrogen (secondary N) is 1. The summed E-state index contributed by atoms with van der Waals surface area (Å²) in [6.07, 6.45) is 0.711. The van der Waals surface area contributed by atoms with Gasteiger partial charge in [-0.25, -0.2) is 0 Å². The molecule has 1 N–H and O–H groups in total. The molecule has 0 radical (unpaired) electrons. The summed E-state index contributed by atoms with van der Waals surface area (Å²) < 4.78 is 1.94. The average Bonchev–Trinajstić information content (AvgIpc) is 3.00. The van der Waals surface area contributed by atoms with Crippen LogP contribution in [0.3, 0.4) is 0 Å². The molecular weight excluding hydrogens is 380 g/mol. The van der Waals surface area contributed by atoms with Crippen molar-refractivity contribution in [2.24, 2.45) is 7.05 Å². The first kappa shape index (κ1) is 19.5. The lowest BCUT2D eigenvalue weighted by Gasteiger charge is -2.14. The molecule has 0 saturated heterocycles. The Morgan fingerprint density at radius 3 is 2.70 bits per heavy atom. The van der Waals surface area contributed by atoms with Crippen molar-refractivity contribution >= 4 is 29.3 Å². The maximum atomic E-state index is 12.3. The molecule has 3 aromatic rings. The Balaban J connectivity index is 1.54. The third kappa shape index (κ3) is 5.34. The van der Waals surface area contributed by atoms with Crippen molar-refractivity contribution in [3.63, 3.8) is 0 Å². The molecule has 1 atom stereocenters. The highest BCUT2D eigenvalue weighted by Gasteiger charge is 2.14. The van der Waals surface area contributed by atoms with E-state index < -0.39 is 0 Å². The first-order valence-corrected chi connectivity index (χ1v) is 9.99. The van der Waals surface area contributed by atoms with Gasteiger partial charge in [-0.05, 0) is 30.2 Å². The molecule has 0 aliphatic heterocycles. The fourth-order valence-electron chi connectivity index (χ4n) is 2.68. The molecule has 1 amide bonds. The third-order valence-corrected chi connectivity index (χ3v) is 5.44. The Labute approximate surface area is 168 Å². The first-order valence-electron chi connectivity index (χ1n) is 8.62. The van der Waals surface area contributed by atoms with Crippen molar-refractivity contribution in [3.05, 3.63) is 76.6 Å². The number of thioether (sulfide) groups is 1. The molecule has 1 heterocycles. The zero-order chi connectivity index (χ0) is 19.2. The number of rotatable bonds is 7. The van der Waals surface area contributed by atoms with Crippen LogP contribution in [0.2, 0.25) is 5.02 Å². The molecule has 7 heteroatoms. The highest BCUT2D eigenvalue weighted by atomic mass is 35.5. The second-order valence-electron chi connectivity index (χ2n) is 6.25. The Bertz CT molecular complexity index is 913. The van der Waals surface area contributed by atoms with Gasteiger partial charge in [-0.3, -0.25) is 4.79 Å². The van der Waals surface area contributed by atoms with Crippen LogP contribution in [0, 0.1) is 0 Å². The summed E-state index contributed by atoms with van der Waals surface area (Å²) >= 11 is 7.39. The van der Waals surface area contributed by atoms with Gasteiger partial charge < -0.3 is 9.88 Å². The smallest absolute Gasteiger partial charge is 0.230 e. The van der Waals surface area contributed by atoms with Gasteiger partial charge in [0.2, 0.25) is 5.91 Å². The van der Waals surface area contributed by atoms with Crippen LogP contribution in [0.1, 0.15) is 29.9 Å². The van der Waals surface area contributed by atoms with E-state index in [0.29, 0.717) is 11.4 Å². The van der Waals surface area contributed by atoms with Crippen molar-refractivity contribution in [1.29, 1.82) is 0 Å². The van der Waals surface area contributed by atoms with E-state index in [2.05, 4.69) is 27.6 Å². The van der Waals surface area contributed by atoms with Crippen LogP contribution >= 0.6 is 23.4 Å². The van der Waals surface area contributed by atoms with Crippen molar-refractivity contribution < 1.29 is 4.79 Å². The van der Waals surface area contributed by atoms with E-state index in [9.17, 15) is 4.79 Å². The fraction of sp³-hybridized carbons (Fsp3) is 0.250. The molecule has 2 aromatic carbocycles. The van der Waals surface area contributed by atoms with Crippen LogP contribution in [-0.4, -0.2) is 26.4 Å². The average molecular weight is 401 g/mol. The van der Waals surface area contributed by atoms with E-state index in [0.717, 1.165) is 16.5 Å². The SMILES string of the molecule is C[C@@H](NC(=O)CSc1nnc(Cc2ccccc2)n1C)c1cccc(Cl)c1. The molecule has 3 rings (SSSR count). The molecule has 0 aliphatic carbocycles. The van der Waals surface area contributed by atoms with Crippen molar-refractivity contribution in [1.82, 2.24) is 20.1 Å². The predicted octanol–water partition coefficient (Wildman–Crippen LogP) is 4.03. The summed E-state index contributed by atoms with van der Waals surface area (Å²) in [5.41, 5.74) is 2.15. The molecule has 27 heavy (non-hydrogen) atoms. The minimum Gasteiger partial charge on any atom is -0.349 e. The van der Waals surface area contributed by atoms with E-state index in [1.165, 1.54) is 17.3 Å². The predicted molar refractivity (Wildman–Crippen MR) is 109 cm³/mol. The van der Waals surface area contributed by atoms with E-state index in [4.69, 9.17) is 11.6 Å². The lowest BCUT2D eigenvalue weighted by Crippen LogP contribution is -2.28. The summed E-state index contributed by atoms with van der Waals surface area (Å²) in [6.45, 7) is 1.94. The van der Waals surface area contributed by atoms with Gasteiger partial charge in [0, 0.05) is 18.5 Å². The lowest BCUT2D eigenvalue weighted by atomic mass is 10.1. The van der Waals surface area contributed by atoms with Crippen LogP contribution in [0.5, 0.6) is 0 Å². The normalized spacial score (nSPS) is 12.0. The Kier molecular flexibility index (Phi) is 6.53. The monoisotopic (exact) mass is 400 g/mol. The van der Waals surface area contributed by atoms with Crippen molar-refractivity contribution in [3.8, 4) is 0 Å². The summed E-state index contributed by atoms with van der Waals surface area (Å²) in [5, 5.41) is 12.8. The topological polar surface area (TPSA) is 59.8 Å². The number of amides is 1. The van der Waals surface area contributed by atoms with E-state index in [-0.39, 0.29) is 17.7 Å². The molecule has 0 saturated carbocycles. The van der Waals surface area contributed by atoms with Gasteiger partial charge >= 0.3 is 0 Å². The zero-order valence-electron chi connectivity index (χ0n) is 15.2. The van der Waals surface area contributed by atoms with Gasteiger partial charge in [0.1, 0.15) is 5.82 Å². The number of carbonyl (C=O) groups is 1. The van der Waals surface area contributed by atoms with Gasteiger partial charge in [0.15, 0.2) is 5.16 Å². The molecule has 5 nitrogen and oxygen atoms in total. The number of hydrogen-bond acceptors (Lipinski definition) is 4. The Morgan fingerprint density at radius 1 is 1.19 bits per heavy atom. The van der Waals surface area contributed by atoms with E-state index in [1.807, 2.05) is 61.0 Å². The number of benzene rings is 2. The Hall–Kier alpha value is -2.31. The van der Waals surface area contributed by atoms with Crippen LogP contribution in [0.25, 0.3) is 0 Å². The van der Waals surface area contributed by atoms with E-state index in [1.54, 1.807) is 0 Å². The number of hydrogen-bond donors (Lipinski definition) is 1. The molecule has 0 spiro atoms. The quantitative estimate of drug-likeness (QED) is 0.608. The lowest BCUT2D eigenvalue weighted by molar-refractivity contribution is -0.119. The molecule has 0 aliphatic rings. The fourth-order valence-corrected chi connectivity index (χ4v) is 3.62. The maximum absolute atomic E-state index is 12.3. The van der Waals surface area contributed by atoms with E-state index >= 15 is 0 Å². The number of carbonyl (C=O) groups excluding carboxylic acids is 1. The minimum absolute atomic E-state index is 0.0555. The Morgan fingerprint density at radius 2 is 1.96 bits per heavy atom. The number of halogens is 1. The van der Waals surface area contributed by atoms with Crippen LogP contribution in [0.4, 0.5) is 0 Å².